The maximum absolute atomic E-state index is 11.7. The fourth-order valence-electron chi connectivity index (χ4n) is 1.30. The first-order valence-electron chi connectivity index (χ1n) is 5.06. The van der Waals surface area contributed by atoms with Crippen LogP contribution in [0.4, 0.5) is 0 Å². The topological polar surface area (TPSA) is 49.0 Å². The monoisotopic (exact) mass is 273 g/mol. The number of halogens is 1. The average molecular weight is 274 g/mol. The van der Waals surface area contributed by atoms with E-state index < -0.39 is 0 Å². The van der Waals surface area contributed by atoms with Crippen molar-refractivity contribution in [1.82, 2.24) is 15.1 Å². The number of nitrogens with zero attached hydrogens (tertiary/aromatic N) is 2. The lowest BCUT2D eigenvalue weighted by molar-refractivity contribution is 0.0787. The molecule has 1 rings (SSSR count). The van der Waals surface area contributed by atoms with Crippen LogP contribution in [0.3, 0.4) is 0 Å². The number of aromatic amines is 1. The predicted molar refractivity (Wildman–Crippen MR) is 63.2 cm³/mol. The highest BCUT2D eigenvalue weighted by atomic mass is 79.9. The van der Waals surface area contributed by atoms with E-state index >= 15 is 0 Å². The van der Waals surface area contributed by atoms with Crippen LogP contribution in [0.5, 0.6) is 0 Å². The van der Waals surface area contributed by atoms with E-state index in [9.17, 15) is 4.79 Å². The number of H-pyrrole nitrogens is 1. The van der Waals surface area contributed by atoms with Gasteiger partial charge in [-0.25, -0.2) is 0 Å². The van der Waals surface area contributed by atoms with Gasteiger partial charge in [0.1, 0.15) is 5.69 Å². The maximum Gasteiger partial charge on any atom is 0.271 e. The number of amides is 1. The smallest absolute Gasteiger partial charge is 0.271 e. The molecule has 0 aliphatic rings. The summed E-state index contributed by atoms with van der Waals surface area (Å²) in [6.45, 7) is 0.796. The van der Waals surface area contributed by atoms with Crippen LogP contribution in [0.15, 0.2) is 12.3 Å². The van der Waals surface area contributed by atoms with Gasteiger partial charge in [0.2, 0.25) is 0 Å². The number of hydrogen-bond donors (Lipinski definition) is 1. The number of carbonyl (C=O) groups is 1. The van der Waals surface area contributed by atoms with Gasteiger partial charge in [0.15, 0.2) is 0 Å². The Morgan fingerprint density at radius 1 is 1.53 bits per heavy atom. The molecule has 0 saturated heterocycles. The zero-order chi connectivity index (χ0) is 11.1. The fraction of sp³-hybridized carbons (Fsp3) is 0.600. The van der Waals surface area contributed by atoms with Gasteiger partial charge in [-0.3, -0.25) is 9.89 Å². The summed E-state index contributed by atoms with van der Waals surface area (Å²) in [5.41, 5.74) is 0.554. The molecular weight excluding hydrogens is 258 g/mol. The van der Waals surface area contributed by atoms with Crippen LogP contribution in [-0.2, 0) is 0 Å². The molecule has 15 heavy (non-hydrogen) atoms. The maximum atomic E-state index is 11.7. The third-order valence-electron chi connectivity index (χ3n) is 2.20. The molecule has 1 heterocycles. The van der Waals surface area contributed by atoms with E-state index in [-0.39, 0.29) is 5.91 Å². The number of alkyl halides is 1. The lowest BCUT2D eigenvalue weighted by atomic mass is 10.2. The fourth-order valence-corrected chi connectivity index (χ4v) is 1.70. The van der Waals surface area contributed by atoms with Crippen molar-refractivity contribution >= 4 is 21.8 Å². The number of rotatable bonds is 6. The Hall–Kier alpha value is -0.840. The third kappa shape index (κ3) is 4.03. The molecule has 1 aromatic heterocycles. The molecule has 0 bridgehead atoms. The molecule has 0 aliphatic heterocycles. The van der Waals surface area contributed by atoms with Crippen LogP contribution in [-0.4, -0.2) is 39.9 Å². The quantitative estimate of drug-likeness (QED) is 0.637. The van der Waals surface area contributed by atoms with Gasteiger partial charge in [-0.1, -0.05) is 22.4 Å². The van der Waals surface area contributed by atoms with Crippen molar-refractivity contribution < 1.29 is 4.79 Å². The average Bonchev–Trinajstić information content (AvgIpc) is 2.76. The van der Waals surface area contributed by atoms with Crippen LogP contribution in [0.25, 0.3) is 0 Å². The molecule has 4 nitrogen and oxygen atoms in total. The van der Waals surface area contributed by atoms with Crippen molar-refractivity contribution in [2.45, 2.75) is 19.3 Å². The summed E-state index contributed by atoms with van der Waals surface area (Å²) in [6, 6.07) is 1.69. The number of nitrogens with one attached hydrogen (secondary N) is 1. The molecule has 0 atom stereocenters. The largest absolute Gasteiger partial charge is 0.340 e. The van der Waals surface area contributed by atoms with Gasteiger partial charge in [0.05, 0.1) is 0 Å². The summed E-state index contributed by atoms with van der Waals surface area (Å²) in [5, 5.41) is 7.46. The molecule has 1 amide bonds. The highest BCUT2D eigenvalue weighted by molar-refractivity contribution is 9.09. The summed E-state index contributed by atoms with van der Waals surface area (Å²) in [4.78, 5) is 13.4. The molecule has 0 spiro atoms. The van der Waals surface area contributed by atoms with Gasteiger partial charge in [-0.05, 0) is 18.9 Å². The Morgan fingerprint density at radius 3 is 2.93 bits per heavy atom. The molecule has 0 radical (unpaired) electrons. The Morgan fingerprint density at radius 2 is 2.33 bits per heavy atom. The van der Waals surface area contributed by atoms with Gasteiger partial charge in [-0.2, -0.15) is 5.10 Å². The molecule has 0 aromatic carbocycles. The first-order chi connectivity index (χ1) is 7.25. The molecule has 0 fully saturated rings. The number of hydrogen-bond acceptors (Lipinski definition) is 2. The second-order valence-electron chi connectivity index (χ2n) is 3.45. The van der Waals surface area contributed by atoms with Crippen LogP contribution < -0.4 is 0 Å². The standard InChI is InChI=1S/C10H16BrN3O/c1-14(8-4-2-3-6-11)10(15)9-5-7-12-13-9/h5,7H,2-4,6,8H2,1H3,(H,12,13). The first-order valence-corrected chi connectivity index (χ1v) is 6.18. The van der Waals surface area contributed by atoms with Crippen LogP contribution in [0, 0.1) is 0 Å². The highest BCUT2D eigenvalue weighted by Gasteiger charge is 2.11. The second-order valence-corrected chi connectivity index (χ2v) is 4.24. The molecule has 0 unspecified atom stereocenters. The van der Waals surface area contributed by atoms with Crippen LogP contribution >= 0.6 is 15.9 Å². The summed E-state index contributed by atoms with van der Waals surface area (Å²) in [7, 11) is 1.82. The van der Waals surface area contributed by atoms with Crippen molar-refractivity contribution in [3.8, 4) is 0 Å². The molecule has 5 heteroatoms. The minimum absolute atomic E-state index is 0.00587. The zero-order valence-corrected chi connectivity index (χ0v) is 10.5. The van der Waals surface area contributed by atoms with Crippen molar-refractivity contribution in [3.63, 3.8) is 0 Å². The van der Waals surface area contributed by atoms with Gasteiger partial charge in [-0.15, -0.1) is 0 Å². The third-order valence-corrected chi connectivity index (χ3v) is 2.77. The molecule has 1 N–H and O–H groups in total. The minimum Gasteiger partial charge on any atom is -0.340 e. The van der Waals surface area contributed by atoms with Crippen molar-refractivity contribution in [1.29, 1.82) is 0 Å². The second kappa shape index (κ2) is 6.61. The van der Waals surface area contributed by atoms with Crippen molar-refractivity contribution in [2.75, 3.05) is 18.9 Å². The van der Waals surface area contributed by atoms with E-state index in [1.54, 1.807) is 17.2 Å². The first kappa shape index (κ1) is 12.2. The van der Waals surface area contributed by atoms with E-state index in [4.69, 9.17) is 0 Å². The van der Waals surface area contributed by atoms with E-state index in [0.717, 1.165) is 31.1 Å². The molecular formula is C10H16BrN3O. The number of aromatic nitrogens is 2. The van der Waals surface area contributed by atoms with Gasteiger partial charge >= 0.3 is 0 Å². The van der Waals surface area contributed by atoms with Crippen LogP contribution in [0.1, 0.15) is 29.8 Å². The van der Waals surface area contributed by atoms with Crippen LogP contribution in [0.2, 0.25) is 0 Å². The molecule has 0 aliphatic carbocycles. The lowest BCUT2D eigenvalue weighted by Crippen LogP contribution is -2.28. The van der Waals surface area contributed by atoms with E-state index in [2.05, 4.69) is 26.1 Å². The number of carbonyl (C=O) groups excluding carboxylic acids is 1. The summed E-state index contributed by atoms with van der Waals surface area (Å²) >= 11 is 3.38. The molecule has 1 aromatic rings. The molecule has 84 valence electrons. The van der Waals surface area contributed by atoms with Gasteiger partial charge < -0.3 is 4.90 Å². The number of unbranched alkanes of at least 4 members (excludes halogenated alkanes) is 2. The van der Waals surface area contributed by atoms with E-state index in [0.29, 0.717) is 5.69 Å². The zero-order valence-electron chi connectivity index (χ0n) is 8.87. The summed E-state index contributed by atoms with van der Waals surface area (Å²) in [6.07, 6.45) is 4.94. The highest BCUT2D eigenvalue weighted by Crippen LogP contribution is 2.03. The SMILES string of the molecule is CN(CCCCCBr)C(=O)c1ccn[nH]1. The summed E-state index contributed by atoms with van der Waals surface area (Å²) < 4.78 is 0. The van der Waals surface area contributed by atoms with Crippen molar-refractivity contribution in [2.24, 2.45) is 0 Å². The normalized spacial score (nSPS) is 10.3. The Kier molecular flexibility index (Phi) is 5.39. The Balaban J connectivity index is 2.28. The van der Waals surface area contributed by atoms with Crippen molar-refractivity contribution in [3.05, 3.63) is 18.0 Å². The Labute approximate surface area is 98.2 Å². The predicted octanol–water partition coefficient (Wildman–Crippen LogP) is 2.05. The minimum atomic E-state index is 0.00587. The van der Waals surface area contributed by atoms with E-state index in [1.165, 1.54) is 0 Å². The lowest BCUT2D eigenvalue weighted by Gasteiger charge is -2.15. The van der Waals surface area contributed by atoms with Gasteiger partial charge in [0.25, 0.3) is 5.91 Å². The summed E-state index contributed by atoms with van der Waals surface area (Å²) in [5.74, 6) is 0.00587. The van der Waals surface area contributed by atoms with E-state index in [1.807, 2.05) is 7.05 Å². The van der Waals surface area contributed by atoms with Gasteiger partial charge in [0, 0.05) is 25.1 Å². The Bertz CT molecular complexity index is 287. The molecule has 0 saturated carbocycles.